The number of halogens is 3. The number of hydrogen-bond donors (Lipinski definition) is 2. The first-order chi connectivity index (χ1) is 11.4. The molecule has 2 aliphatic heterocycles. The van der Waals surface area contributed by atoms with Crippen LogP contribution in [-0.4, -0.2) is 29.2 Å². The zero-order chi connectivity index (χ0) is 16.8. The standard InChI is InChI=1S/C16H15F3N4O/c17-16(18,19)14-20-6-5-13(23-14)22-11-3-1-10(2-4-11)15-7-12(8-24-15)21-9-15/h1-6,12,21H,7-9H2,(H,20,22,23). The number of rotatable bonds is 3. The smallest absolute Gasteiger partial charge is 0.367 e. The van der Waals surface area contributed by atoms with E-state index in [0.717, 1.165) is 24.7 Å². The van der Waals surface area contributed by atoms with Gasteiger partial charge in [0.25, 0.3) is 0 Å². The minimum Gasteiger partial charge on any atom is -0.367 e. The van der Waals surface area contributed by atoms with E-state index in [1.807, 2.05) is 24.3 Å². The summed E-state index contributed by atoms with van der Waals surface area (Å²) in [5.74, 6) is -1.06. The number of hydrogen-bond acceptors (Lipinski definition) is 5. The molecule has 2 bridgehead atoms. The Morgan fingerprint density at radius 1 is 1.21 bits per heavy atom. The zero-order valence-corrected chi connectivity index (χ0v) is 12.6. The Kier molecular flexibility index (Phi) is 3.47. The molecule has 5 nitrogen and oxygen atoms in total. The van der Waals surface area contributed by atoms with Gasteiger partial charge in [0.05, 0.1) is 6.61 Å². The zero-order valence-electron chi connectivity index (χ0n) is 12.6. The topological polar surface area (TPSA) is 59.1 Å². The molecule has 2 saturated heterocycles. The molecule has 2 unspecified atom stereocenters. The molecule has 24 heavy (non-hydrogen) atoms. The molecule has 4 rings (SSSR count). The third-order valence-corrected chi connectivity index (χ3v) is 4.41. The van der Waals surface area contributed by atoms with Gasteiger partial charge < -0.3 is 15.4 Å². The molecular weight excluding hydrogens is 321 g/mol. The third-order valence-electron chi connectivity index (χ3n) is 4.41. The molecule has 2 fully saturated rings. The maximum Gasteiger partial charge on any atom is 0.451 e. The van der Waals surface area contributed by atoms with Crippen molar-refractivity contribution in [3.63, 3.8) is 0 Å². The van der Waals surface area contributed by atoms with Gasteiger partial charge in [-0.25, -0.2) is 9.97 Å². The monoisotopic (exact) mass is 336 g/mol. The molecule has 0 amide bonds. The summed E-state index contributed by atoms with van der Waals surface area (Å²) in [6.07, 6.45) is -2.53. The molecular formula is C16H15F3N4O. The van der Waals surface area contributed by atoms with Crippen molar-refractivity contribution in [3.05, 3.63) is 47.9 Å². The molecule has 1 aromatic heterocycles. The van der Waals surface area contributed by atoms with E-state index >= 15 is 0 Å². The van der Waals surface area contributed by atoms with Gasteiger partial charge in [0.15, 0.2) is 0 Å². The van der Waals surface area contributed by atoms with Gasteiger partial charge in [-0.15, -0.1) is 0 Å². The summed E-state index contributed by atoms with van der Waals surface area (Å²) >= 11 is 0. The SMILES string of the molecule is FC(F)(F)c1nccc(Nc2ccc(C34CNC(CO3)C4)cc2)n1. The first-order valence-electron chi connectivity index (χ1n) is 7.60. The van der Waals surface area contributed by atoms with Crippen LogP contribution in [0.5, 0.6) is 0 Å². The largest absolute Gasteiger partial charge is 0.451 e. The van der Waals surface area contributed by atoms with Crippen molar-refractivity contribution >= 4 is 11.5 Å². The summed E-state index contributed by atoms with van der Waals surface area (Å²) in [6.45, 7) is 1.49. The van der Waals surface area contributed by atoms with Crippen LogP contribution in [0, 0.1) is 0 Å². The van der Waals surface area contributed by atoms with E-state index in [2.05, 4.69) is 20.6 Å². The van der Waals surface area contributed by atoms with Crippen molar-refractivity contribution in [2.24, 2.45) is 0 Å². The van der Waals surface area contributed by atoms with E-state index < -0.39 is 12.0 Å². The van der Waals surface area contributed by atoms with E-state index in [-0.39, 0.29) is 11.4 Å². The molecule has 0 aliphatic carbocycles. The summed E-state index contributed by atoms with van der Waals surface area (Å²) in [5.41, 5.74) is 1.45. The molecule has 0 radical (unpaired) electrons. The number of benzene rings is 1. The van der Waals surface area contributed by atoms with Gasteiger partial charge in [0.2, 0.25) is 5.82 Å². The molecule has 8 heteroatoms. The summed E-state index contributed by atoms with van der Waals surface area (Å²) in [5, 5.41) is 6.27. The fraction of sp³-hybridized carbons (Fsp3) is 0.375. The molecule has 3 heterocycles. The molecule has 126 valence electrons. The van der Waals surface area contributed by atoms with Crippen molar-refractivity contribution in [2.75, 3.05) is 18.5 Å². The molecule has 1 aromatic carbocycles. The second-order valence-corrected chi connectivity index (χ2v) is 6.05. The molecule has 2 N–H and O–H groups in total. The maximum atomic E-state index is 12.6. The lowest BCUT2D eigenvalue weighted by Crippen LogP contribution is -2.37. The highest BCUT2D eigenvalue weighted by atomic mass is 19.4. The average Bonchev–Trinajstić information content (AvgIpc) is 3.17. The predicted octanol–water partition coefficient (Wildman–Crippen LogP) is 2.83. The molecule has 2 aliphatic rings. The van der Waals surface area contributed by atoms with E-state index in [1.165, 1.54) is 6.07 Å². The molecule has 2 atom stereocenters. The van der Waals surface area contributed by atoms with Crippen molar-refractivity contribution in [1.29, 1.82) is 0 Å². The summed E-state index contributed by atoms with van der Waals surface area (Å²) in [7, 11) is 0. The van der Waals surface area contributed by atoms with Gasteiger partial charge in [0, 0.05) is 24.5 Å². The van der Waals surface area contributed by atoms with Gasteiger partial charge >= 0.3 is 6.18 Å². The van der Waals surface area contributed by atoms with Crippen molar-refractivity contribution in [3.8, 4) is 0 Å². The number of fused-ring (bicyclic) bond motifs is 2. The van der Waals surface area contributed by atoms with E-state index in [9.17, 15) is 13.2 Å². The van der Waals surface area contributed by atoms with Crippen molar-refractivity contribution in [1.82, 2.24) is 15.3 Å². The quantitative estimate of drug-likeness (QED) is 0.903. The lowest BCUT2D eigenvalue weighted by Gasteiger charge is -2.27. The van der Waals surface area contributed by atoms with Crippen LogP contribution in [-0.2, 0) is 16.5 Å². The fourth-order valence-corrected chi connectivity index (χ4v) is 3.21. The van der Waals surface area contributed by atoms with Gasteiger partial charge in [0.1, 0.15) is 11.4 Å². The Morgan fingerprint density at radius 2 is 2.00 bits per heavy atom. The fourth-order valence-electron chi connectivity index (χ4n) is 3.21. The first-order valence-corrected chi connectivity index (χ1v) is 7.60. The molecule has 2 aromatic rings. The number of aromatic nitrogens is 2. The highest BCUT2D eigenvalue weighted by molar-refractivity contribution is 5.56. The number of anilines is 2. The Hall–Kier alpha value is -2.19. The lowest BCUT2D eigenvalue weighted by atomic mass is 9.93. The van der Waals surface area contributed by atoms with Crippen LogP contribution in [0.3, 0.4) is 0 Å². The van der Waals surface area contributed by atoms with Crippen LogP contribution < -0.4 is 10.6 Å². The average molecular weight is 336 g/mol. The highest BCUT2D eigenvalue weighted by Gasteiger charge is 2.47. The Bertz CT molecular complexity index is 740. The van der Waals surface area contributed by atoms with E-state index in [0.29, 0.717) is 18.3 Å². The van der Waals surface area contributed by atoms with E-state index in [1.54, 1.807) is 0 Å². The van der Waals surface area contributed by atoms with Crippen LogP contribution in [0.2, 0.25) is 0 Å². The number of nitrogens with one attached hydrogen (secondary N) is 2. The van der Waals surface area contributed by atoms with Gasteiger partial charge in [-0.3, -0.25) is 0 Å². The Labute approximate surface area is 136 Å². The summed E-state index contributed by atoms with van der Waals surface area (Å²) in [4.78, 5) is 6.74. The molecule has 0 saturated carbocycles. The Morgan fingerprint density at radius 3 is 2.58 bits per heavy atom. The normalized spacial score (nSPS) is 25.9. The van der Waals surface area contributed by atoms with E-state index in [4.69, 9.17) is 4.74 Å². The second-order valence-electron chi connectivity index (χ2n) is 6.05. The highest BCUT2D eigenvalue weighted by Crippen LogP contribution is 2.40. The Balaban J connectivity index is 1.52. The summed E-state index contributed by atoms with van der Waals surface area (Å²) < 4.78 is 43.8. The van der Waals surface area contributed by atoms with Crippen LogP contribution in [0.15, 0.2) is 36.5 Å². The van der Waals surface area contributed by atoms with Crippen LogP contribution in [0.25, 0.3) is 0 Å². The van der Waals surface area contributed by atoms with Gasteiger partial charge in [-0.2, -0.15) is 13.2 Å². The van der Waals surface area contributed by atoms with Crippen LogP contribution in [0.1, 0.15) is 17.8 Å². The number of alkyl halides is 3. The number of ether oxygens (including phenoxy) is 1. The number of morpholine rings is 1. The minimum absolute atomic E-state index is 0.1000. The molecule has 0 spiro atoms. The second kappa shape index (κ2) is 5.42. The van der Waals surface area contributed by atoms with Crippen molar-refractivity contribution < 1.29 is 17.9 Å². The first kappa shape index (κ1) is 15.3. The summed E-state index contributed by atoms with van der Waals surface area (Å²) in [6, 6.07) is 9.30. The number of nitrogens with zero attached hydrogens (tertiary/aromatic N) is 2. The van der Waals surface area contributed by atoms with Crippen LogP contribution >= 0.6 is 0 Å². The van der Waals surface area contributed by atoms with Crippen molar-refractivity contribution in [2.45, 2.75) is 24.2 Å². The van der Waals surface area contributed by atoms with Crippen LogP contribution in [0.4, 0.5) is 24.7 Å². The minimum atomic E-state index is -4.56. The predicted molar refractivity (Wildman–Crippen MR) is 80.8 cm³/mol. The third kappa shape index (κ3) is 2.71. The van der Waals surface area contributed by atoms with Gasteiger partial charge in [-0.05, 0) is 30.2 Å². The lowest BCUT2D eigenvalue weighted by molar-refractivity contribution is -0.144. The maximum absolute atomic E-state index is 12.6. The van der Waals surface area contributed by atoms with Gasteiger partial charge in [-0.1, -0.05) is 12.1 Å².